The standard InChI is InChI=1S/C13H27N3/c1-15(2)12-6-9-16(10-12)11-13(14)7-4-3-5-8-13/h12H,3-11,14H2,1-2H3. The first-order valence-corrected chi connectivity index (χ1v) is 6.77. The quantitative estimate of drug-likeness (QED) is 0.785. The second-order valence-corrected chi connectivity index (χ2v) is 6.06. The van der Waals surface area contributed by atoms with Gasteiger partial charge in [-0.25, -0.2) is 0 Å². The number of rotatable bonds is 3. The Balaban J connectivity index is 1.81. The van der Waals surface area contributed by atoms with Crippen LogP contribution in [-0.2, 0) is 0 Å². The molecule has 0 aromatic carbocycles. The van der Waals surface area contributed by atoms with Crippen LogP contribution in [0.1, 0.15) is 38.5 Å². The molecule has 0 spiro atoms. The van der Waals surface area contributed by atoms with Crippen LogP contribution in [0, 0.1) is 0 Å². The van der Waals surface area contributed by atoms with Gasteiger partial charge in [-0.15, -0.1) is 0 Å². The van der Waals surface area contributed by atoms with Crippen molar-refractivity contribution in [2.24, 2.45) is 5.73 Å². The second-order valence-electron chi connectivity index (χ2n) is 6.06. The molecule has 1 unspecified atom stereocenters. The van der Waals surface area contributed by atoms with Gasteiger partial charge in [-0.2, -0.15) is 0 Å². The van der Waals surface area contributed by atoms with Crippen molar-refractivity contribution in [2.45, 2.75) is 50.1 Å². The van der Waals surface area contributed by atoms with Crippen LogP contribution in [0.15, 0.2) is 0 Å². The molecule has 1 heterocycles. The zero-order valence-electron chi connectivity index (χ0n) is 10.9. The fourth-order valence-electron chi connectivity index (χ4n) is 3.24. The Morgan fingerprint density at radius 3 is 2.50 bits per heavy atom. The van der Waals surface area contributed by atoms with Gasteiger partial charge < -0.3 is 10.6 Å². The van der Waals surface area contributed by atoms with E-state index in [2.05, 4.69) is 23.9 Å². The first kappa shape index (κ1) is 12.3. The summed E-state index contributed by atoms with van der Waals surface area (Å²) in [4.78, 5) is 4.93. The van der Waals surface area contributed by atoms with E-state index in [4.69, 9.17) is 5.73 Å². The third-order valence-electron chi connectivity index (χ3n) is 4.37. The third kappa shape index (κ3) is 2.96. The largest absolute Gasteiger partial charge is 0.324 e. The molecule has 3 heteroatoms. The van der Waals surface area contributed by atoms with Crippen LogP contribution in [0.5, 0.6) is 0 Å². The van der Waals surface area contributed by atoms with Crippen LogP contribution >= 0.6 is 0 Å². The first-order chi connectivity index (χ1) is 7.59. The Morgan fingerprint density at radius 2 is 1.94 bits per heavy atom. The molecule has 16 heavy (non-hydrogen) atoms. The Morgan fingerprint density at radius 1 is 1.25 bits per heavy atom. The van der Waals surface area contributed by atoms with E-state index in [0.29, 0.717) is 0 Å². The fourth-order valence-corrected chi connectivity index (χ4v) is 3.24. The SMILES string of the molecule is CN(C)C1CCN(CC2(N)CCCCC2)C1. The lowest BCUT2D eigenvalue weighted by Crippen LogP contribution is -2.51. The summed E-state index contributed by atoms with van der Waals surface area (Å²) in [5.41, 5.74) is 6.63. The van der Waals surface area contributed by atoms with Gasteiger partial charge in [0.15, 0.2) is 0 Å². The first-order valence-electron chi connectivity index (χ1n) is 6.77. The highest BCUT2D eigenvalue weighted by molar-refractivity contribution is 4.93. The van der Waals surface area contributed by atoms with Gasteiger partial charge in [0.25, 0.3) is 0 Å². The molecule has 3 nitrogen and oxygen atoms in total. The minimum atomic E-state index is 0.124. The zero-order valence-corrected chi connectivity index (χ0v) is 10.9. The Hall–Kier alpha value is -0.120. The number of nitrogens with two attached hydrogens (primary N) is 1. The van der Waals surface area contributed by atoms with Crippen LogP contribution < -0.4 is 5.73 Å². The van der Waals surface area contributed by atoms with Gasteiger partial charge in [-0.05, 0) is 39.9 Å². The summed E-state index contributed by atoms with van der Waals surface area (Å²) in [6.07, 6.45) is 7.83. The smallest absolute Gasteiger partial charge is 0.0283 e. The van der Waals surface area contributed by atoms with E-state index in [-0.39, 0.29) is 5.54 Å². The van der Waals surface area contributed by atoms with Gasteiger partial charge >= 0.3 is 0 Å². The average Bonchev–Trinajstić information content (AvgIpc) is 2.66. The van der Waals surface area contributed by atoms with E-state index in [1.54, 1.807) is 0 Å². The highest BCUT2D eigenvalue weighted by Crippen LogP contribution is 2.28. The lowest BCUT2D eigenvalue weighted by atomic mass is 9.82. The molecule has 1 atom stereocenters. The summed E-state index contributed by atoms with van der Waals surface area (Å²) in [5, 5.41) is 0. The van der Waals surface area contributed by atoms with E-state index in [1.807, 2.05) is 0 Å². The molecule has 2 N–H and O–H groups in total. The molecule has 0 aromatic rings. The molecular weight excluding hydrogens is 198 g/mol. The maximum absolute atomic E-state index is 6.51. The van der Waals surface area contributed by atoms with Crippen LogP contribution in [0.2, 0.25) is 0 Å². The lowest BCUT2D eigenvalue weighted by Gasteiger charge is -2.37. The fraction of sp³-hybridized carbons (Fsp3) is 1.00. The number of hydrogen-bond acceptors (Lipinski definition) is 3. The second kappa shape index (κ2) is 5.03. The molecule has 0 aromatic heterocycles. The van der Waals surface area contributed by atoms with Gasteiger partial charge in [0.05, 0.1) is 0 Å². The minimum absolute atomic E-state index is 0.124. The van der Waals surface area contributed by atoms with Crippen LogP contribution in [0.25, 0.3) is 0 Å². The minimum Gasteiger partial charge on any atom is -0.324 e. The zero-order chi connectivity index (χ0) is 11.6. The summed E-state index contributed by atoms with van der Waals surface area (Å²) in [7, 11) is 4.37. The van der Waals surface area contributed by atoms with E-state index < -0.39 is 0 Å². The van der Waals surface area contributed by atoms with Crippen molar-refractivity contribution in [3.05, 3.63) is 0 Å². The maximum atomic E-state index is 6.51. The van der Waals surface area contributed by atoms with E-state index in [0.717, 1.165) is 12.6 Å². The molecule has 2 rings (SSSR count). The molecule has 94 valence electrons. The van der Waals surface area contributed by atoms with E-state index >= 15 is 0 Å². The van der Waals surface area contributed by atoms with Gasteiger partial charge in [-0.1, -0.05) is 19.3 Å². The molecule has 0 amide bonds. The van der Waals surface area contributed by atoms with Gasteiger partial charge in [0.1, 0.15) is 0 Å². The Labute approximate surface area is 100.0 Å². The van der Waals surface area contributed by atoms with E-state index in [9.17, 15) is 0 Å². The van der Waals surface area contributed by atoms with Crippen molar-refractivity contribution in [3.8, 4) is 0 Å². The molecule has 2 aliphatic rings. The van der Waals surface area contributed by atoms with Gasteiger partial charge in [0.2, 0.25) is 0 Å². The molecule has 0 radical (unpaired) electrons. The summed E-state index contributed by atoms with van der Waals surface area (Å²) in [6.45, 7) is 3.57. The number of hydrogen-bond donors (Lipinski definition) is 1. The Kier molecular flexibility index (Phi) is 3.88. The van der Waals surface area contributed by atoms with Crippen molar-refractivity contribution < 1.29 is 0 Å². The summed E-state index contributed by atoms with van der Waals surface area (Å²) < 4.78 is 0. The van der Waals surface area contributed by atoms with Gasteiger partial charge in [0, 0.05) is 24.7 Å². The lowest BCUT2D eigenvalue weighted by molar-refractivity contribution is 0.186. The molecule has 2 fully saturated rings. The highest BCUT2D eigenvalue weighted by atomic mass is 15.2. The number of likely N-dealkylation sites (tertiary alicyclic amines) is 1. The summed E-state index contributed by atoms with van der Waals surface area (Å²) >= 11 is 0. The molecule has 1 saturated carbocycles. The molecule has 1 aliphatic carbocycles. The predicted molar refractivity (Wildman–Crippen MR) is 68.5 cm³/mol. The highest BCUT2D eigenvalue weighted by Gasteiger charge is 2.33. The molecule has 1 aliphatic heterocycles. The van der Waals surface area contributed by atoms with E-state index in [1.165, 1.54) is 51.6 Å². The van der Waals surface area contributed by atoms with Crippen molar-refractivity contribution in [1.82, 2.24) is 9.80 Å². The topological polar surface area (TPSA) is 32.5 Å². The predicted octanol–water partition coefficient (Wildman–Crippen LogP) is 1.28. The summed E-state index contributed by atoms with van der Waals surface area (Å²) in [5.74, 6) is 0. The number of likely N-dealkylation sites (N-methyl/N-ethyl adjacent to an activating group) is 1. The van der Waals surface area contributed by atoms with Crippen molar-refractivity contribution in [3.63, 3.8) is 0 Å². The normalized spacial score (nSPS) is 31.1. The maximum Gasteiger partial charge on any atom is 0.0283 e. The van der Waals surface area contributed by atoms with Crippen molar-refractivity contribution in [2.75, 3.05) is 33.7 Å². The van der Waals surface area contributed by atoms with Crippen molar-refractivity contribution >= 4 is 0 Å². The number of nitrogens with zero attached hydrogens (tertiary/aromatic N) is 2. The molecule has 1 saturated heterocycles. The summed E-state index contributed by atoms with van der Waals surface area (Å²) in [6, 6.07) is 0.743. The van der Waals surface area contributed by atoms with Crippen molar-refractivity contribution in [1.29, 1.82) is 0 Å². The van der Waals surface area contributed by atoms with Crippen LogP contribution in [0.3, 0.4) is 0 Å². The molecule has 0 bridgehead atoms. The van der Waals surface area contributed by atoms with Crippen LogP contribution in [0.4, 0.5) is 0 Å². The van der Waals surface area contributed by atoms with Crippen LogP contribution in [-0.4, -0.2) is 55.1 Å². The monoisotopic (exact) mass is 225 g/mol. The third-order valence-corrected chi connectivity index (χ3v) is 4.37. The molecular formula is C13H27N3. The van der Waals surface area contributed by atoms with Gasteiger partial charge in [-0.3, -0.25) is 4.90 Å². The average molecular weight is 225 g/mol. The Bertz CT molecular complexity index is 221.